The molecule has 2 N–H and O–H groups in total. The fraction of sp³-hybridized carbons (Fsp3) is 0. The summed E-state index contributed by atoms with van der Waals surface area (Å²) in [5, 5.41) is 3.52. The molecule has 5 rings (SSSR count). The topological polar surface area (TPSA) is 101 Å². The molecular weight excluding hydrogens is 376 g/mol. The number of hydrogen-bond donors (Lipinski definition) is 2. The van der Waals surface area contributed by atoms with Gasteiger partial charge in [-0.15, -0.1) is 11.3 Å². The van der Waals surface area contributed by atoms with Crippen LogP contribution in [0.25, 0.3) is 31.6 Å². The first-order chi connectivity index (χ1) is 13.7. The molecule has 0 fully saturated rings. The molecule has 0 spiro atoms. The first-order valence-corrected chi connectivity index (χ1v) is 9.23. The molecule has 5 aromatic rings. The van der Waals surface area contributed by atoms with Crippen LogP contribution < -0.4 is 16.7 Å². The van der Waals surface area contributed by atoms with Gasteiger partial charge in [0.05, 0.1) is 21.1 Å². The molecule has 28 heavy (non-hydrogen) atoms. The van der Waals surface area contributed by atoms with E-state index in [0.717, 1.165) is 20.7 Å². The number of benzene rings is 2. The summed E-state index contributed by atoms with van der Waals surface area (Å²) in [4.78, 5) is 35.5. The Balaban J connectivity index is 1.58. The Morgan fingerprint density at radius 3 is 2.71 bits per heavy atom. The van der Waals surface area contributed by atoms with Gasteiger partial charge in [0.25, 0.3) is 0 Å². The minimum atomic E-state index is -0.775. The van der Waals surface area contributed by atoms with Crippen LogP contribution in [0, 0.1) is 0 Å². The van der Waals surface area contributed by atoms with Gasteiger partial charge < -0.3 is 9.73 Å². The van der Waals surface area contributed by atoms with Gasteiger partial charge in [0.15, 0.2) is 5.82 Å². The first-order valence-electron chi connectivity index (χ1n) is 8.41. The Morgan fingerprint density at radius 1 is 1.00 bits per heavy atom. The van der Waals surface area contributed by atoms with Crippen LogP contribution in [0.1, 0.15) is 0 Å². The Bertz CT molecular complexity index is 1440. The molecule has 2 aromatic carbocycles. The van der Waals surface area contributed by atoms with Crippen molar-refractivity contribution in [3.05, 3.63) is 81.9 Å². The third-order valence-electron chi connectivity index (χ3n) is 4.29. The van der Waals surface area contributed by atoms with Gasteiger partial charge >= 0.3 is 11.4 Å². The zero-order chi connectivity index (χ0) is 19.1. The largest absolute Gasteiger partial charge is 0.419 e. The van der Waals surface area contributed by atoms with Crippen molar-refractivity contribution in [1.82, 2.24) is 15.0 Å². The van der Waals surface area contributed by atoms with E-state index in [2.05, 4.69) is 36.8 Å². The number of aromatic nitrogens is 3. The molecule has 0 saturated heterocycles. The van der Waals surface area contributed by atoms with Gasteiger partial charge in [0, 0.05) is 10.6 Å². The van der Waals surface area contributed by atoms with Crippen molar-refractivity contribution in [2.24, 2.45) is 0 Å². The molecule has 0 atom stereocenters. The standard InChI is InChI=1S/C20H12N4O3S/c25-19-13-8-12(6-7-14(13)24-20(26)27-19)23-18-17-15(21-10-22-18)9-16(28-17)11-4-2-1-3-5-11/h1-10H,(H,24,26)(H,21,22,23). The highest BCUT2D eigenvalue weighted by Gasteiger charge is 2.11. The zero-order valence-corrected chi connectivity index (χ0v) is 15.1. The van der Waals surface area contributed by atoms with E-state index in [9.17, 15) is 9.59 Å². The molecule has 0 radical (unpaired) electrons. The van der Waals surface area contributed by atoms with Crippen molar-refractivity contribution in [3.8, 4) is 10.4 Å². The monoisotopic (exact) mass is 388 g/mol. The van der Waals surface area contributed by atoms with E-state index in [0.29, 0.717) is 17.0 Å². The van der Waals surface area contributed by atoms with E-state index in [4.69, 9.17) is 0 Å². The summed E-state index contributed by atoms with van der Waals surface area (Å²) in [6, 6.07) is 17.1. The minimum absolute atomic E-state index is 0.283. The van der Waals surface area contributed by atoms with Gasteiger partial charge in [0.1, 0.15) is 6.33 Å². The van der Waals surface area contributed by atoms with Crippen molar-refractivity contribution < 1.29 is 4.42 Å². The molecule has 0 saturated carbocycles. The molecule has 7 nitrogen and oxygen atoms in total. The van der Waals surface area contributed by atoms with Crippen LogP contribution in [0.4, 0.5) is 11.5 Å². The Hall–Kier alpha value is -3.78. The highest BCUT2D eigenvalue weighted by molar-refractivity contribution is 7.22. The van der Waals surface area contributed by atoms with Gasteiger partial charge in [-0.3, -0.25) is 4.98 Å². The molecule has 0 bridgehead atoms. The number of thiophene rings is 1. The van der Waals surface area contributed by atoms with Gasteiger partial charge in [-0.1, -0.05) is 30.3 Å². The van der Waals surface area contributed by atoms with Crippen LogP contribution in [-0.4, -0.2) is 15.0 Å². The molecule has 136 valence electrons. The summed E-state index contributed by atoms with van der Waals surface area (Å²) >= 11 is 1.59. The number of aromatic amines is 1. The number of rotatable bonds is 3. The summed E-state index contributed by atoms with van der Waals surface area (Å²) in [6.07, 6.45) is 1.50. The van der Waals surface area contributed by atoms with Crippen molar-refractivity contribution >= 4 is 44.0 Å². The molecular formula is C20H12N4O3S. The van der Waals surface area contributed by atoms with Gasteiger partial charge in [-0.2, -0.15) is 0 Å². The number of nitrogens with zero attached hydrogens (tertiary/aromatic N) is 2. The minimum Gasteiger partial charge on any atom is -0.372 e. The third-order valence-corrected chi connectivity index (χ3v) is 5.47. The molecule has 0 unspecified atom stereocenters. The zero-order valence-electron chi connectivity index (χ0n) is 14.3. The van der Waals surface area contributed by atoms with Crippen LogP contribution >= 0.6 is 11.3 Å². The van der Waals surface area contributed by atoms with E-state index in [1.54, 1.807) is 29.5 Å². The fourth-order valence-electron chi connectivity index (χ4n) is 3.00. The SMILES string of the molecule is O=c1[nH]c2ccc(Nc3ncnc4cc(-c5ccccc5)sc34)cc2c(=O)o1. The second-order valence-corrected chi connectivity index (χ2v) is 7.15. The lowest BCUT2D eigenvalue weighted by atomic mass is 10.2. The van der Waals surface area contributed by atoms with Crippen molar-refractivity contribution in [2.45, 2.75) is 0 Å². The second-order valence-electron chi connectivity index (χ2n) is 6.10. The number of H-pyrrole nitrogens is 1. The summed E-state index contributed by atoms with van der Waals surface area (Å²) in [5.74, 6) is -0.131. The predicted octanol–water partition coefficient (Wildman–Crippen LogP) is 3.90. The predicted molar refractivity (Wildman–Crippen MR) is 109 cm³/mol. The Labute approximate surface area is 161 Å². The maximum absolute atomic E-state index is 11.9. The average Bonchev–Trinajstić information content (AvgIpc) is 3.15. The van der Waals surface area contributed by atoms with Gasteiger partial charge in [-0.25, -0.2) is 19.6 Å². The molecule has 0 amide bonds. The molecule has 3 heterocycles. The number of hydrogen-bond acceptors (Lipinski definition) is 7. The number of anilines is 2. The molecule has 0 aliphatic carbocycles. The first kappa shape index (κ1) is 16.4. The van der Waals surface area contributed by atoms with Gasteiger partial charge in [0.2, 0.25) is 0 Å². The van der Waals surface area contributed by atoms with E-state index in [-0.39, 0.29) is 5.39 Å². The van der Waals surface area contributed by atoms with Crippen LogP contribution in [0.5, 0.6) is 0 Å². The Morgan fingerprint density at radius 2 is 1.86 bits per heavy atom. The summed E-state index contributed by atoms with van der Waals surface area (Å²) in [6.45, 7) is 0. The maximum Gasteiger partial charge on any atom is 0.419 e. The van der Waals surface area contributed by atoms with Crippen LogP contribution in [0.3, 0.4) is 0 Å². The Kier molecular flexibility index (Phi) is 3.77. The smallest absolute Gasteiger partial charge is 0.372 e. The van der Waals surface area contributed by atoms with E-state index in [1.807, 2.05) is 24.3 Å². The number of nitrogens with one attached hydrogen (secondary N) is 2. The van der Waals surface area contributed by atoms with Crippen LogP contribution in [-0.2, 0) is 0 Å². The van der Waals surface area contributed by atoms with E-state index >= 15 is 0 Å². The van der Waals surface area contributed by atoms with Crippen molar-refractivity contribution in [1.29, 1.82) is 0 Å². The second kappa shape index (κ2) is 6.43. The van der Waals surface area contributed by atoms with Crippen molar-refractivity contribution in [3.63, 3.8) is 0 Å². The number of fused-ring (bicyclic) bond motifs is 2. The van der Waals surface area contributed by atoms with Crippen molar-refractivity contribution in [2.75, 3.05) is 5.32 Å². The summed E-state index contributed by atoms with van der Waals surface area (Å²) < 4.78 is 5.51. The lowest BCUT2D eigenvalue weighted by Crippen LogP contribution is -2.14. The fourth-order valence-corrected chi connectivity index (χ4v) is 4.06. The normalized spacial score (nSPS) is 11.1. The average molecular weight is 388 g/mol. The lowest BCUT2D eigenvalue weighted by molar-refractivity contribution is 0.460. The van der Waals surface area contributed by atoms with Gasteiger partial charge in [-0.05, 0) is 29.8 Å². The molecule has 0 aliphatic rings. The lowest BCUT2D eigenvalue weighted by Gasteiger charge is -2.06. The summed E-state index contributed by atoms with van der Waals surface area (Å²) in [5.41, 5.74) is 2.34. The van der Waals surface area contributed by atoms with E-state index in [1.165, 1.54) is 6.33 Å². The van der Waals surface area contributed by atoms with Crippen LogP contribution in [0.15, 0.2) is 74.9 Å². The van der Waals surface area contributed by atoms with E-state index < -0.39 is 11.4 Å². The quantitative estimate of drug-likeness (QED) is 0.486. The highest BCUT2D eigenvalue weighted by Crippen LogP contribution is 2.36. The maximum atomic E-state index is 11.9. The molecule has 8 heteroatoms. The third kappa shape index (κ3) is 2.85. The highest BCUT2D eigenvalue weighted by atomic mass is 32.1. The van der Waals surface area contributed by atoms with Crippen LogP contribution in [0.2, 0.25) is 0 Å². The summed E-state index contributed by atoms with van der Waals surface area (Å²) in [7, 11) is 0. The molecule has 0 aliphatic heterocycles. The molecule has 3 aromatic heterocycles.